The number of nitrogens with zero attached hydrogens (tertiary/aromatic N) is 2. The van der Waals surface area contributed by atoms with Crippen LogP contribution in [0.5, 0.6) is 0 Å². The van der Waals surface area contributed by atoms with Gasteiger partial charge in [-0.3, -0.25) is 4.90 Å². The van der Waals surface area contributed by atoms with E-state index >= 15 is 0 Å². The normalized spacial score (nSPS) is 21.0. The molecule has 0 spiro atoms. The number of carbonyl (C=O) groups excluding carboxylic acids is 1. The first-order valence-electron chi connectivity index (χ1n) is 8.36. The number of carbonyl (C=O) groups is 1. The van der Waals surface area contributed by atoms with Gasteiger partial charge >= 0.3 is 6.09 Å². The summed E-state index contributed by atoms with van der Waals surface area (Å²) in [7, 11) is 0. The Labute approximate surface area is 168 Å². The topological polar surface area (TPSA) is 67.6 Å². The molecule has 2 atom stereocenters. The maximum atomic E-state index is 14.4. The van der Waals surface area contributed by atoms with Crippen molar-refractivity contribution in [2.45, 2.75) is 45.4 Å². The molecule has 1 N–H and O–H groups in total. The average Bonchev–Trinajstić information content (AvgIpc) is 3.01. The lowest BCUT2D eigenvalue weighted by Gasteiger charge is -2.39. The molecule has 2 heterocycles. The Morgan fingerprint density at radius 1 is 1.41 bits per heavy atom. The molecule has 0 bridgehead atoms. The molecule has 2 aromatic rings. The lowest BCUT2D eigenvalue weighted by molar-refractivity contribution is 0.00266. The Balaban J connectivity index is 2.07. The van der Waals surface area contributed by atoms with E-state index in [0.717, 1.165) is 0 Å². The molecule has 148 valence electrons. The smallest absolute Gasteiger partial charge is 0.411 e. The first-order chi connectivity index (χ1) is 12.5. The maximum Gasteiger partial charge on any atom is 0.411 e. The lowest BCUT2D eigenvalue weighted by atomic mass is 10.1. The number of rotatable bonds is 1. The third-order valence-electron chi connectivity index (χ3n) is 4.14. The van der Waals surface area contributed by atoms with Gasteiger partial charge in [-0.25, -0.2) is 18.6 Å². The van der Waals surface area contributed by atoms with Crippen LogP contribution in [-0.4, -0.2) is 40.7 Å². The molecule has 1 saturated heterocycles. The number of oxazole rings is 1. The number of nitrogens with one attached hydrogen (secondary N) is 1. The Morgan fingerprint density at radius 2 is 2.07 bits per heavy atom. The summed E-state index contributed by atoms with van der Waals surface area (Å²) in [5.41, 5.74) is -0.987. The number of piperazine rings is 1. The molecule has 0 saturated carbocycles. The summed E-state index contributed by atoms with van der Waals surface area (Å²) < 4.78 is 39.4. The Kier molecular flexibility index (Phi) is 5.39. The van der Waals surface area contributed by atoms with E-state index in [1.807, 2.05) is 6.92 Å². The fourth-order valence-electron chi connectivity index (χ4n) is 2.96. The van der Waals surface area contributed by atoms with E-state index in [2.05, 4.69) is 26.2 Å². The number of hydrogen-bond acceptors (Lipinski definition) is 5. The molecule has 1 aromatic heterocycles. The zero-order chi connectivity index (χ0) is 20.1. The summed E-state index contributed by atoms with van der Waals surface area (Å²) in [6.07, 6.45) is -0.535. The Bertz CT molecular complexity index is 855. The van der Waals surface area contributed by atoms with Gasteiger partial charge in [-0.1, -0.05) is 11.6 Å². The van der Waals surface area contributed by atoms with Crippen LogP contribution in [-0.2, 0) is 4.74 Å². The molecule has 1 amide bonds. The van der Waals surface area contributed by atoms with Crippen LogP contribution in [0.25, 0.3) is 11.1 Å². The number of amides is 1. The van der Waals surface area contributed by atoms with Gasteiger partial charge in [0.15, 0.2) is 17.2 Å². The number of hydrogen-bond donors (Lipinski definition) is 1. The molecule has 0 aliphatic carbocycles. The van der Waals surface area contributed by atoms with E-state index in [-0.39, 0.29) is 27.5 Å². The largest absolute Gasteiger partial charge is 0.444 e. The highest BCUT2D eigenvalue weighted by molar-refractivity contribution is 9.10. The second-order valence-corrected chi connectivity index (χ2v) is 8.52. The predicted octanol–water partition coefficient (Wildman–Crippen LogP) is 4.79. The second kappa shape index (κ2) is 7.18. The van der Waals surface area contributed by atoms with Gasteiger partial charge in [0.05, 0.1) is 4.47 Å². The molecule has 3 rings (SSSR count). The van der Waals surface area contributed by atoms with Gasteiger partial charge in [-0.2, -0.15) is 0 Å². The van der Waals surface area contributed by atoms with Crippen LogP contribution >= 0.6 is 27.5 Å². The van der Waals surface area contributed by atoms with Crippen LogP contribution in [0.4, 0.5) is 13.6 Å². The molecule has 10 heteroatoms. The standard InChI is InChI=1S/C17H19BrClF2N3O3/c1-7-13(24(6-5-22-7)16(25)27-17(2,3)4)15-23-12-11(21)9(19)10(20)8(18)14(12)26-15/h7,13,22H,5-6H2,1-4H3/t7?,13-/m0/s1. The number of fused-ring (bicyclic) bond motifs is 1. The van der Waals surface area contributed by atoms with Crippen LogP contribution in [0.3, 0.4) is 0 Å². The number of ether oxygens (including phenoxy) is 1. The first kappa shape index (κ1) is 20.3. The maximum absolute atomic E-state index is 14.4. The summed E-state index contributed by atoms with van der Waals surface area (Å²) in [5.74, 6) is -1.91. The van der Waals surface area contributed by atoms with Gasteiger partial charge in [-0.05, 0) is 43.6 Å². The summed E-state index contributed by atoms with van der Waals surface area (Å²) in [4.78, 5) is 18.3. The monoisotopic (exact) mass is 465 g/mol. The van der Waals surface area contributed by atoms with Gasteiger partial charge in [0, 0.05) is 19.1 Å². The van der Waals surface area contributed by atoms with Gasteiger partial charge in [-0.15, -0.1) is 0 Å². The van der Waals surface area contributed by atoms with Crippen LogP contribution in [0, 0.1) is 11.6 Å². The van der Waals surface area contributed by atoms with Crippen molar-refractivity contribution in [2.24, 2.45) is 0 Å². The highest BCUT2D eigenvalue weighted by atomic mass is 79.9. The van der Waals surface area contributed by atoms with Crippen molar-refractivity contribution in [3.05, 3.63) is 27.0 Å². The molecule has 1 aliphatic heterocycles. The first-order valence-corrected chi connectivity index (χ1v) is 9.53. The van der Waals surface area contributed by atoms with E-state index in [1.165, 1.54) is 4.90 Å². The molecule has 1 aliphatic rings. The van der Waals surface area contributed by atoms with Crippen molar-refractivity contribution in [1.29, 1.82) is 0 Å². The highest BCUT2D eigenvalue weighted by Crippen LogP contribution is 2.38. The molecule has 27 heavy (non-hydrogen) atoms. The molecule has 6 nitrogen and oxygen atoms in total. The van der Waals surface area contributed by atoms with Gasteiger partial charge in [0.2, 0.25) is 5.89 Å². The van der Waals surface area contributed by atoms with E-state index in [1.54, 1.807) is 20.8 Å². The summed E-state index contributed by atoms with van der Waals surface area (Å²) in [6.45, 7) is 8.04. The minimum Gasteiger partial charge on any atom is -0.444 e. The fourth-order valence-corrected chi connectivity index (χ4v) is 3.73. The van der Waals surface area contributed by atoms with Crippen molar-refractivity contribution in [1.82, 2.24) is 15.2 Å². The van der Waals surface area contributed by atoms with Crippen molar-refractivity contribution in [3.63, 3.8) is 0 Å². The highest BCUT2D eigenvalue weighted by Gasteiger charge is 2.39. The molecule has 1 unspecified atom stereocenters. The SMILES string of the molecule is CC1NCCN(C(=O)OC(C)(C)C)[C@@H]1c1nc2c(F)c(Cl)c(F)c(Br)c2o1. The fraction of sp³-hybridized carbons (Fsp3) is 0.529. The van der Waals surface area contributed by atoms with Crippen LogP contribution in [0.2, 0.25) is 5.02 Å². The minimum atomic E-state index is -1.01. The van der Waals surface area contributed by atoms with Crippen LogP contribution in [0.1, 0.15) is 39.6 Å². The summed E-state index contributed by atoms with van der Waals surface area (Å²) in [6, 6.07) is -0.907. The average molecular weight is 467 g/mol. The third kappa shape index (κ3) is 3.77. The van der Waals surface area contributed by atoms with Gasteiger partial charge in [0.25, 0.3) is 0 Å². The van der Waals surface area contributed by atoms with Crippen LogP contribution < -0.4 is 5.32 Å². The predicted molar refractivity (Wildman–Crippen MR) is 99.8 cm³/mol. The van der Waals surface area contributed by atoms with Gasteiger partial charge < -0.3 is 14.5 Å². The summed E-state index contributed by atoms with van der Waals surface area (Å²) in [5, 5.41) is 2.55. The molecule has 0 radical (unpaired) electrons. The van der Waals surface area contributed by atoms with E-state index in [9.17, 15) is 13.6 Å². The third-order valence-corrected chi connectivity index (χ3v) is 5.18. The Morgan fingerprint density at radius 3 is 2.70 bits per heavy atom. The Hall–Kier alpha value is -1.45. The minimum absolute atomic E-state index is 0.0665. The number of aromatic nitrogens is 1. The quantitative estimate of drug-likeness (QED) is 0.483. The van der Waals surface area contributed by atoms with Crippen molar-refractivity contribution >= 4 is 44.7 Å². The number of halogens is 4. The van der Waals surface area contributed by atoms with Gasteiger partial charge in [0.1, 0.15) is 22.2 Å². The zero-order valence-electron chi connectivity index (χ0n) is 15.2. The van der Waals surface area contributed by atoms with Crippen molar-refractivity contribution < 1.29 is 22.7 Å². The zero-order valence-corrected chi connectivity index (χ0v) is 17.5. The van der Waals surface area contributed by atoms with E-state index < -0.39 is 34.4 Å². The van der Waals surface area contributed by atoms with E-state index in [0.29, 0.717) is 13.1 Å². The van der Waals surface area contributed by atoms with Crippen LogP contribution in [0.15, 0.2) is 8.89 Å². The van der Waals surface area contributed by atoms with Crippen molar-refractivity contribution in [3.8, 4) is 0 Å². The summed E-state index contributed by atoms with van der Waals surface area (Å²) >= 11 is 8.70. The van der Waals surface area contributed by atoms with Crippen molar-refractivity contribution in [2.75, 3.05) is 13.1 Å². The lowest BCUT2D eigenvalue weighted by Crippen LogP contribution is -2.54. The molecule has 1 fully saturated rings. The number of benzene rings is 1. The second-order valence-electron chi connectivity index (χ2n) is 7.35. The molecular formula is C17H19BrClF2N3O3. The molecule has 1 aromatic carbocycles. The van der Waals surface area contributed by atoms with E-state index in [4.69, 9.17) is 20.8 Å². The molecular weight excluding hydrogens is 448 g/mol.